The van der Waals surface area contributed by atoms with E-state index < -0.39 is 0 Å². The van der Waals surface area contributed by atoms with Gasteiger partial charge in [0.15, 0.2) is 5.82 Å². The molecule has 9 aromatic rings. The monoisotopic (exact) mass is 637 g/mol. The topological polar surface area (TPSA) is 38.7 Å². The Balaban J connectivity index is 1.19. The molecule has 0 radical (unpaired) electrons. The predicted octanol–water partition coefficient (Wildman–Crippen LogP) is 12.2. The Morgan fingerprint density at radius 1 is 0.300 bits per heavy atom. The van der Waals surface area contributed by atoms with E-state index in [-0.39, 0.29) is 0 Å². The smallest absolute Gasteiger partial charge is 0.160 e. The Morgan fingerprint density at radius 3 is 1.36 bits per heavy atom. The van der Waals surface area contributed by atoms with Crippen LogP contribution in [0.2, 0.25) is 0 Å². The Labute approximate surface area is 291 Å². The van der Waals surface area contributed by atoms with Crippen LogP contribution in [0.25, 0.3) is 89.1 Å². The van der Waals surface area contributed by atoms with Gasteiger partial charge in [0.05, 0.1) is 22.6 Å². The summed E-state index contributed by atoms with van der Waals surface area (Å²) < 4.78 is 0. The number of pyridine rings is 1. The van der Waals surface area contributed by atoms with Crippen LogP contribution in [0.5, 0.6) is 0 Å². The van der Waals surface area contributed by atoms with Crippen molar-refractivity contribution < 1.29 is 0 Å². The molecule has 0 fully saturated rings. The van der Waals surface area contributed by atoms with E-state index in [0.717, 1.165) is 72.1 Å². The number of fused-ring (bicyclic) bond motifs is 3. The molecule has 0 unspecified atom stereocenters. The second kappa shape index (κ2) is 12.7. The highest BCUT2D eigenvalue weighted by molar-refractivity contribution is 6.14. The van der Waals surface area contributed by atoms with Crippen LogP contribution in [-0.2, 0) is 0 Å². The molecular weight excluding hydrogens is 607 g/mol. The number of rotatable bonds is 6. The van der Waals surface area contributed by atoms with Gasteiger partial charge in [0.25, 0.3) is 0 Å². The lowest BCUT2D eigenvalue weighted by Crippen LogP contribution is -1.96. The van der Waals surface area contributed by atoms with Crippen LogP contribution >= 0.6 is 0 Å². The van der Waals surface area contributed by atoms with Gasteiger partial charge in [0, 0.05) is 27.6 Å². The van der Waals surface area contributed by atoms with E-state index in [0.29, 0.717) is 5.82 Å². The van der Waals surface area contributed by atoms with Gasteiger partial charge >= 0.3 is 0 Å². The highest BCUT2D eigenvalue weighted by Gasteiger charge is 2.15. The van der Waals surface area contributed by atoms with Crippen LogP contribution < -0.4 is 0 Å². The standard InChI is InChI=1S/C47H31N3/c1-5-13-32(14-6-1)33-21-23-37(24-22-33)45-31-44(36-19-11-4-12-20-36)49-47(50-45)39-25-27-40-38(29-39)26-28-42-46(40)41(34-15-7-2-8-16-34)30-43(48-42)35-17-9-3-10-18-35/h1-31H. The van der Waals surface area contributed by atoms with Crippen LogP contribution in [0.15, 0.2) is 188 Å². The molecule has 0 amide bonds. The zero-order chi connectivity index (χ0) is 33.3. The second-order valence-corrected chi connectivity index (χ2v) is 12.5. The summed E-state index contributed by atoms with van der Waals surface area (Å²) in [6, 6.07) is 65.6. The van der Waals surface area contributed by atoms with Crippen molar-refractivity contribution in [3.63, 3.8) is 0 Å². The molecule has 0 aliphatic rings. The Morgan fingerprint density at radius 2 is 0.760 bits per heavy atom. The average molecular weight is 638 g/mol. The van der Waals surface area contributed by atoms with Crippen molar-refractivity contribution in [2.75, 3.05) is 0 Å². The molecule has 50 heavy (non-hydrogen) atoms. The van der Waals surface area contributed by atoms with Crippen molar-refractivity contribution in [1.29, 1.82) is 0 Å². The first-order chi connectivity index (χ1) is 24.8. The van der Waals surface area contributed by atoms with E-state index >= 15 is 0 Å². The maximum absolute atomic E-state index is 5.16. The van der Waals surface area contributed by atoms with Gasteiger partial charge in [-0.05, 0) is 57.3 Å². The fourth-order valence-electron chi connectivity index (χ4n) is 6.75. The summed E-state index contributed by atoms with van der Waals surface area (Å²) >= 11 is 0. The molecule has 0 aliphatic heterocycles. The number of nitrogens with zero attached hydrogens (tertiary/aromatic N) is 3. The van der Waals surface area contributed by atoms with Gasteiger partial charge in [0.2, 0.25) is 0 Å². The lowest BCUT2D eigenvalue weighted by atomic mass is 9.94. The van der Waals surface area contributed by atoms with Gasteiger partial charge in [-0.25, -0.2) is 15.0 Å². The molecule has 0 saturated carbocycles. The molecule has 0 N–H and O–H groups in total. The molecule has 9 rings (SSSR count). The number of benzene rings is 7. The van der Waals surface area contributed by atoms with E-state index in [2.05, 4.69) is 158 Å². The van der Waals surface area contributed by atoms with Gasteiger partial charge in [-0.1, -0.05) is 164 Å². The second-order valence-electron chi connectivity index (χ2n) is 12.5. The van der Waals surface area contributed by atoms with Crippen LogP contribution in [0.3, 0.4) is 0 Å². The lowest BCUT2D eigenvalue weighted by molar-refractivity contribution is 1.18. The SMILES string of the molecule is c1ccc(-c2ccc(-c3cc(-c4ccccc4)nc(-c4ccc5c(ccc6nc(-c7ccccc7)cc(-c7ccccc7)c65)c4)n3)cc2)cc1. The molecule has 0 saturated heterocycles. The van der Waals surface area contributed by atoms with Crippen LogP contribution in [0, 0.1) is 0 Å². The molecule has 234 valence electrons. The van der Waals surface area contributed by atoms with Gasteiger partial charge < -0.3 is 0 Å². The third kappa shape index (κ3) is 5.61. The zero-order valence-electron chi connectivity index (χ0n) is 27.2. The molecule has 2 heterocycles. The van der Waals surface area contributed by atoms with Gasteiger partial charge in [-0.3, -0.25) is 0 Å². The van der Waals surface area contributed by atoms with Crippen molar-refractivity contribution in [3.05, 3.63) is 188 Å². The maximum atomic E-state index is 5.16. The Hall–Kier alpha value is -6.71. The summed E-state index contributed by atoms with van der Waals surface area (Å²) in [4.78, 5) is 15.4. The minimum absolute atomic E-state index is 0.691. The van der Waals surface area contributed by atoms with Crippen molar-refractivity contribution in [3.8, 4) is 67.4 Å². The molecule has 3 heteroatoms. The number of aromatic nitrogens is 3. The average Bonchev–Trinajstić information content (AvgIpc) is 3.21. The highest BCUT2D eigenvalue weighted by Crippen LogP contribution is 2.38. The molecule has 0 spiro atoms. The van der Waals surface area contributed by atoms with E-state index in [1.165, 1.54) is 11.1 Å². The first-order valence-corrected chi connectivity index (χ1v) is 16.9. The Kier molecular flexibility index (Phi) is 7.49. The third-order valence-corrected chi connectivity index (χ3v) is 9.29. The summed E-state index contributed by atoms with van der Waals surface area (Å²) in [5.74, 6) is 0.691. The summed E-state index contributed by atoms with van der Waals surface area (Å²) in [6.45, 7) is 0. The summed E-state index contributed by atoms with van der Waals surface area (Å²) in [5.41, 5.74) is 12.6. The maximum Gasteiger partial charge on any atom is 0.160 e. The fourth-order valence-corrected chi connectivity index (χ4v) is 6.75. The van der Waals surface area contributed by atoms with Crippen molar-refractivity contribution in [2.24, 2.45) is 0 Å². The van der Waals surface area contributed by atoms with Gasteiger partial charge in [-0.2, -0.15) is 0 Å². The van der Waals surface area contributed by atoms with Crippen molar-refractivity contribution >= 4 is 21.7 Å². The van der Waals surface area contributed by atoms with E-state index in [1.807, 2.05) is 30.3 Å². The summed E-state index contributed by atoms with van der Waals surface area (Å²) in [7, 11) is 0. The van der Waals surface area contributed by atoms with E-state index in [4.69, 9.17) is 15.0 Å². The summed E-state index contributed by atoms with van der Waals surface area (Å²) in [6.07, 6.45) is 0. The molecule has 0 atom stereocenters. The van der Waals surface area contributed by atoms with Crippen LogP contribution in [0.1, 0.15) is 0 Å². The van der Waals surface area contributed by atoms with Crippen molar-refractivity contribution in [2.45, 2.75) is 0 Å². The largest absolute Gasteiger partial charge is 0.248 e. The minimum Gasteiger partial charge on any atom is -0.248 e. The van der Waals surface area contributed by atoms with Crippen LogP contribution in [-0.4, -0.2) is 15.0 Å². The first kappa shape index (κ1) is 29.4. The Bertz CT molecular complexity index is 2600. The van der Waals surface area contributed by atoms with Gasteiger partial charge in [0.1, 0.15) is 0 Å². The molecule has 0 aliphatic carbocycles. The van der Waals surface area contributed by atoms with Crippen molar-refractivity contribution in [1.82, 2.24) is 15.0 Å². The fraction of sp³-hybridized carbons (Fsp3) is 0. The molecule has 0 bridgehead atoms. The molecular formula is C47H31N3. The normalized spacial score (nSPS) is 11.2. The quantitative estimate of drug-likeness (QED) is 0.170. The van der Waals surface area contributed by atoms with Crippen LogP contribution in [0.4, 0.5) is 0 Å². The first-order valence-electron chi connectivity index (χ1n) is 16.9. The molecule has 2 aromatic heterocycles. The zero-order valence-corrected chi connectivity index (χ0v) is 27.2. The third-order valence-electron chi connectivity index (χ3n) is 9.29. The number of hydrogen-bond donors (Lipinski definition) is 0. The minimum atomic E-state index is 0.691. The van der Waals surface area contributed by atoms with E-state index in [9.17, 15) is 0 Å². The summed E-state index contributed by atoms with van der Waals surface area (Å²) in [5, 5.41) is 3.40. The number of hydrogen-bond acceptors (Lipinski definition) is 3. The van der Waals surface area contributed by atoms with E-state index in [1.54, 1.807) is 0 Å². The molecule has 3 nitrogen and oxygen atoms in total. The lowest BCUT2D eigenvalue weighted by Gasteiger charge is -2.14. The molecule has 7 aromatic carbocycles. The highest BCUT2D eigenvalue weighted by atomic mass is 14.9. The predicted molar refractivity (Wildman–Crippen MR) is 207 cm³/mol. The van der Waals surface area contributed by atoms with Gasteiger partial charge in [-0.15, -0.1) is 0 Å².